The second-order valence-corrected chi connectivity index (χ2v) is 5.18. The van der Waals surface area contributed by atoms with Crippen molar-refractivity contribution in [3.05, 3.63) is 11.1 Å². The van der Waals surface area contributed by atoms with Crippen LogP contribution in [0.4, 0.5) is 5.13 Å². The van der Waals surface area contributed by atoms with Crippen molar-refractivity contribution in [2.24, 2.45) is 0 Å². The molecule has 0 aliphatic carbocycles. The average molecular weight is 239 g/mol. The van der Waals surface area contributed by atoms with Gasteiger partial charge in [0, 0.05) is 18.0 Å². The van der Waals surface area contributed by atoms with Crippen molar-refractivity contribution in [3.8, 4) is 0 Å². The van der Waals surface area contributed by atoms with Crippen molar-refractivity contribution in [2.75, 3.05) is 12.3 Å². The van der Waals surface area contributed by atoms with E-state index in [1.54, 1.807) is 0 Å². The fourth-order valence-electron chi connectivity index (χ4n) is 2.13. The number of thiazole rings is 1. The van der Waals surface area contributed by atoms with Gasteiger partial charge in [-0.25, -0.2) is 4.98 Å². The number of nitrogen functional groups attached to an aromatic ring is 1. The summed E-state index contributed by atoms with van der Waals surface area (Å²) in [5.74, 6) is 0.178. The quantitative estimate of drug-likeness (QED) is 0.854. The van der Waals surface area contributed by atoms with E-state index in [-0.39, 0.29) is 5.91 Å². The SMILES string of the molecule is CC1CCCCN1C(=O)Cc1csc(N)n1. The topological polar surface area (TPSA) is 59.2 Å². The molecule has 1 atom stereocenters. The Morgan fingerprint density at radius 2 is 2.50 bits per heavy atom. The molecular formula is C11H17N3OS. The van der Waals surface area contributed by atoms with Crippen LogP contribution in [0.5, 0.6) is 0 Å². The molecule has 1 amide bonds. The van der Waals surface area contributed by atoms with Crippen LogP contribution in [0.2, 0.25) is 0 Å². The fraction of sp³-hybridized carbons (Fsp3) is 0.636. The Hall–Kier alpha value is -1.10. The predicted octanol–water partition coefficient (Wildman–Crippen LogP) is 1.67. The van der Waals surface area contributed by atoms with Gasteiger partial charge in [0.2, 0.25) is 5.91 Å². The molecule has 5 heteroatoms. The molecular weight excluding hydrogens is 222 g/mol. The van der Waals surface area contributed by atoms with Crippen molar-refractivity contribution in [3.63, 3.8) is 0 Å². The largest absolute Gasteiger partial charge is 0.375 e. The lowest BCUT2D eigenvalue weighted by Crippen LogP contribution is -2.42. The van der Waals surface area contributed by atoms with Crippen LogP contribution in [0.25, 0.3) is 0 Å². The van der Waals surface area contributed by atoms with Gasteiger partial charge in [-0.1, -0.05) is 0 Å². The molecule has 1 aromatic rings. The van der Waals surface area contributed by atoms with Crippen molar-refractivity contribution in [2.45, 2.75) is 38.6 Å². The van der Waals surface area contributed by atoms with Gasteiger partial charge in [0.25, 0.3) is 0 Å². The molecule has 0 aromatic carbocycles. The number of rotatable bonds is 2. The predicted molar refractivity (Wildman–Crippen MR) is 65.3 cm³/mol. The van der Waals surface area contributed by atoms with E-state index in [1.807, 2.05) is 10.3 Å². The van der Waals surface area contributed by atoms with Gasteiger partial charge in [-0.15, -0.1) is 11.3 Å². The monoisotopic (exact) mass is 239 g/mol. The van der Waals surface area contributed by atoms with E-state index in [2.05, 4.69) is 11.9 Å². The average Bonchev–Trinajstić information content (AvgIpc) is 2.64. The molecule has 4 nitrogen and oxygen atoms in total. The molecule has 2 rings (SSSR count). The summed E-state index contributed by atoms with van der Waals surface area (Å²) in [6.45, 7) is 3.01. The van der Waals surface area contributed by atoms with Crippen LogP contribution in [0.1, 0.15) is 31.9 Å². The number of likely N-dealkylation sites (tertiary alicyclic amines) is 1. The zero-order valence-corrected chi connectivity index (χ0v) is 10.3. The maximum Gasteiger partial charge on any atom is 0.228 e. The van der Waals surface area contributed by atoms with Gasteiger partial charge < -0.3 is 10.6 Å². The molecule has 1 aromatic heterocycles. The van der Waals surface area contributed by atoms with Crippen molar-refractivity contribution in [1.82, 2.24) is 9.88 Å². The molecule has 2 heterocycles. The number of nitrogens with zero attached hydrogens (tertiary/aromatic N) is 2. The highest BCUT2D eigenvalue weighted by atomic mass is 32.1. The molecule has 1 fully saturated rings. The van der Waals surface area contributed by atoms with E-state index in [0.717, 1.165) is 25.1 Å². The van der Waals surface area contributed by atoms with Gasteiger partial charge >= 0.3 is 0 Å². The first-order valence-corrected chi connectivity index (χ1v) is 6.54. The van der Waals surface area contributed by atoms with E-state index in [9.17, 15) is 4.79 Å². The summed E-state index contributed by atoms with van der Waals surface area (Å²) < 4.78 is 0. The minimum absolute atomic E-state index is 0.178. The first-order valence-electron chi connectivity index (χ1n) is 5.66. The van der Waals surface area contributed by atoms with Crippen LogP contribution in [0, 0.1) is 0 Å². The fourth-order valence-corrected chi connectivity index (χ4v) is 2.69. The van der Waals surface area contributed by atoms with Gasteiger partial charge in [0.15, 0.2) is 5.13 Å². The van der Waals surface area contributed by atoms with Crippen molar-refractivity contribution in [1.29, 1.82) is 0 Å². The number of aromatic nitrogens is 1. The summed E-state index contributed by atoms with van der Waals surface area (Å²) in [6.07, 6.45) is 3.85. The van der Waals surface area contributed by atoms with Crippen LogP contribution in [-0.2, 0) is 11.2 Å². The minimum atomic E-state index is 0.178. The highest BCUT2D eigenvalue weighted by molar-refractivity contribution is 7.13. The number of amides is 1. The number of hydrogen-bond acceptors (Lipinski definition) is 4. The Bertz CT molecular complexity index is 377. The Labute approximate surface area is 99.5 Å². The smallest absolute Gasteiger partial charge is 0.228 e. The summed E-state index contributed by atoms with van der Waals surface area (Å²) in [4.78, 5) is 18.1. The summed E-state index contributed by atoms with van der Waals surface area (Å²) in [7, 11) is 0. The number of hydrogen-bond donors (Lipinski definition) is 1. The van der Waals surface area contributed by atoms with Gasteiger partial charge in [-0.3, -0.25) is 4.79 Å². The summed E-state index contributed by atoms with van der Waals surface area (Å²) in [5.41, 5.74) is 6.34. The Morgan fingerprint density at radius 3 is 3.12 bits per heavy atom. The third-order valence-corrected chi connectivity index (χ3v) is 3.75. The maximum atomic E-state index is 12.0. The zero-order chi connectivity index (χ0) is 11.5. The number of carbonyl (C=O) groups is 1. The molecule has 16 heavy (non-hydrogen) atoms. The van der Waals surface area contributed by atoms with Crippen molar-refractivity contribution >= 4 is 22.4 Å². The minimum Gasteiger partial charge on any atom is -0.375 e. The molecule has 0 bridgehead atoms. The normalized spacial score (nSPS) is 21.1. The van der Waals surface area contributed by atoms with Gasteiger partial charge in [-0.05, 0) is 26.2 Å². The first kappa shape index (κ1) is 11.4. The standard InChI is InChI=1S/C11H17N3OS/c1-8-4-2-3-5-14(8)10(15)6-9-7-16-11(12)13-9/h7-8H,2-6H2,1H3,(H2,12,13). The molecule has 1 saturated heterocycles. The highest BCUT2D eigenvalue weighted by Crippen LogP contribution is 2.18. The Morgan fingerprint density at radius 1 is 1.69 bits per heavy atom. The number of carbonyl (C=O) groups excluding carboxylic acids is 1. The molecule has 0 radical (unpaired) electrons. The lowest BCUT2D eigenvalue weighted by molar-refractivity contribution is -0.133. The van der Waals surface area contributed by atoms with E-state index < -0.39 is 0 Å². The van der Waals surface area contributed by atoms with E-state index in [4.69, 9.17) is 5.73 Å². The molecule has 88 valence electrons. The molecule has 0 spiro atoms. The summed E-state index contributed by atoms with van der Waals surface area (Å²) in [6, 6.07) is 0.372. The molecule has 0 saturated carbocycles. The Kier molecular flexibility index (Phi) is 3.43. The summed E-state index contributed by atoms with van der Waals surface area (Å²) >= 11 is 1.39. The highest BCUT2D eigenvalue weighted by Gasteiger charge is 2.23. The lowest BCUT2D eigenvalue weighted by atomic mass is 10.0. The molecule has 1 aliphatic rings. The molecule has 2 N–H and O–H groups in total. The molecule has 1 aliphatic heterocycles. The van der Waals surface area contributed by atoms with Gasteiger partial charge in [0.1, 0.15) is 0 Å². The zero-order valence-electron chi connectivity index (χ0n) is 9.48. The third kappa shape index (κ3) is 2.52. The lowest BCUT2D eigenvalue weighted by Gasteiger charge is -2.33. The van der Waals surface area contributed by atoms with Gasteiger partial charge in [0.05, 0.1) is 12.1 Å². The van der Waals surface area contributed by atoms with Crippen molar-refractivity contribution < 1.29 is 4.79 Å². The third-order valence-electron chi connectivity index (χ3n) is 3.03. The maximum absolute atomic E-state index is 12.0. The van der Waals surface area contributed by atoms with Crippen LogP contribution in [-0.4, -0.2) is 28.4 Å². The second kappa shape index (κ2) is 4.82. The van der Waals surface area contributed by atoms with Gasteiger partial charge in [-0.2, -0.15) is 0 Å². The molecule has 1 unspecified atom stereocenters. The van der Waals surface area contributed by atoms with Crippen LogP contribution in [0.15, 0.2) is 5.38 Å². The van der Waals surface area contributed by atoms with E-state index in [1.165, 1.54) is 17.8 Å². The van der Waals surface area contributed by atoms with Crippen LogP contribution < -0.4 is 5.73 Å². The number of piperidine rings is 1. The first-order chi connectivity index (χ1) is 7.66. The van der Waals surface area contributed by atoms with Crippen LogP contribution >= 0.6 is 11.3 Å². The Balaban J connectivity index is 1.96. The van der Waals surface area contributed by atoms with Crippen LogP contribution in [0.3, 0.4) is 0 Å². The summed E-state index contributed by atoms with van der Waals surface area (Å²) in [5, 5.41) is 2.40. The number of nitrogens with two attached hydrogens (primary N) is 1. The second-order valence-electron chi connectivity index (χ2n) is 4.29. The van der Waals surface area contributed by atoms with E-state index in [0.29, 0.717) is 17.6 Å². The number of anilines is 1. The van der Waals surface area contributed by atoms with E-state index >= 15 is 0 Å².